The third kappa shape index (κ3) is 3.41. The molecule has 1 fully saturated rings. The van der Waals surface area contributed by atoms with Gasteiger partial charge in [-0.05, 0) is 56.3 Å². The Morgan fingerprint density at radius 1 is 0.867 bits per heavy atom. The Labute approximate surface area is 175 Å². The number of hydrogen-bond donors (Lipinski definition) is 0. The van der Waals surface area contributed by atoms with Gasteiger partial charge in [-0.1, -0.05) is 0 Å². The van der Waals surface area contributed by atoms with Gasteiger partial charge in [0.25, 0.3) is 0 Å². The number of sulfonamides is 1. The largest absolute Gasteiger partial charge is 0.369 e. The molecule has 0 N–H and O–H groups in total. The molecule has 2 heterocycles. The molecule has 0 saturated carbocycles. The molecule has 9 heteroatoms. The zero-order chi connectivity index (χ0) is 21.5. The molecule has 0 spiro atoms. The number of hydrogen-bond acceptors (Lipinski definition) is 4. The zero-order valence-corrected chi connectivity index (χ0v) is 17.9. The summed E-state index contributed by atoms with van der Waals surface area (Å²) in [5.41, 5.74) is 2.12. The van der Waals surface area contributed by atoms with E-state index in [0.717, 1.165) is 11.2 Å². The number of rotatable bonds is 5. The van der Waals surface area contributed by atoms with Crippen molar-refractivity contribution in [2.75, 3.05) is 31.1 Å². The normalized spacial score (nSPS) is 15.8. The minimum absolute atomic E-state index is 0.127. The number of imidazole rings is 1. The number of aromatic nitrogens is 2. The molecule has 0 bridgehead atoms. The van der Waals surface area contributed by atoms with Crippen molar-refractivity contribution in [1.82, 2.24) is 13.4 Å². The van der Waals surface area contributed by atoms with Gasteiger partial charge in [0.2, 0.25) is 10.0 Å². The molecule has 4 rings (SSSR count). The van der Waals surface area contributed by atoms with Crippen LogP contribution in [0.5, 0.6) is 0 Å². The van der Waals surface area contributed by atoms with Gasteiger partial charge in [0.15, 0.2) is 0 Å². The summed E-state index contributed by atoms with van der Waals surface area (Å²) in [7, 11) is -3.68. The summed E-state index contributed by atoms with van der Waals surface area (Å²) in [6, 6.07) is 11.1. The first kappa shape index (κ1) is 20.6. The van der Waals surface area contributed by atoms with Crippen molar-refractivity contribution in [2.45, 2.75) is 31.8 Å². The van der Waals surface area contributed by atoms with E-state index in [-0.39, 0.29) is 16.4 Å². The summed E-state index contributed by atoms with van der Waals surface area (Å²) in [6.45, 7) is 6.51. The highest BCUT2D eigenvalue weighted by molar-refractivity contribution is 7.89. The van der Waals surface area contributed by atoms with Crippen LogP contribution in [0.2, 0.25) is 0 Å². The van der Waals surface area contributed by atoms with Crippen LogP contribution in [0.15, 0.2) is 52.2 Å². The number of nitrogens with zero attached hydrogens (tertiary/aromatic N) is 4. The van der Waals surface area contributed by atoms with Crippen LogP contribution in [-0.4, -0.2) is 48.0 Å². The standard InChI is InChI=1S/C21H25FN4O3S/c1-3-25-19-10-9-18(15-20(19)26(4-2)21(25)27)30(28,29)24-13-11-23(12-14-24)17-7-5-16(22)6-8-17/h5-10,15H,3-4,11-14H2,1-2H3. The lowest BCUT2D eigenvalue weighted by Gasteiger charge is -2.35. The maximum Gasteiger partial charge on any atom is 0.329 e. The van der Waals surface area contributed by atoms with Crippen molar-refractivity contribution in [1.29, 1.82) is 0 Å². The lowest BCUT2D eigenvalue weighted by molar-refractivity contribution is 0.385. The van der Waals surface area contributed by atoms with Crippen LogP contribution in [0, 0.1) is 5.82 Å². The van der Waals surface area contributed by atoms with E-state index in [9.17, 15) is 17.6 Å². The summed E-state index contributed by atoms with van der Waals surface area (Å²) < 4.78 is 44.4. The van der Waals surface area contributed by atoms with Crippen molar-refractivity contribution >= 4 is 26.7 Å². The van der Waals surface area contributed by atoms with Gasteiger partial charge in [0.05, 0.1) is 15.9 Å². The van der Waals surface area contributed by atoms with Crippen molar-refractivity contribution in [3.8, 4) is 0 Å². The second-order valence-electron chi connectivity index (χ2n) is 7.29. The third-order valence-electron chi connectivity index (χ3n) is 5.69. The predicted molar refractivity (Wildman–Crippen MR) is 115 cm³/mol. The molecule has 1 aliphatic rings. The fourth-order valence-electron chi connectivity index (χ4n) is 4.06. The van der Waals surface area contributed by atoms with Crippen LogP contribution in [0.4, 0.5) is 10.1 Å². The maximum absolute atomic E-state index is 13.2. The zero-order valence-electron chi connectivity index (χ0n) is 17.1. The van der Waals surface area contributed by atoms with Gasteiger partial charge in [0, 0.05) is 45.0 Å². The lowest BCUT2D eigenvalue weighted by atomic mass is 10.2. The first-order valence-electron chi connectivity index (χ1n) is 10.1. The fraction of sp³-hybridized carbons (Fsp3) is 0.381. The van der Waals surface area contributed by atoms with Gasteiger partial charge < -0.3 is 4.90 Å². The highest BCUT2D eigenvalue weighted by Crippen LogP contribution is 2.24. The molecule has 1 aliphatic heterocycles. The Morgan fingerprint density at radius 3 is 2.07 bits per heavy atom. The predicted octanol–water partition coefficient (Wildman–Crippen LogP) is 2.49. The number of benzene rings is 2. The number of anilines is 1. The average molecular weight is 433 g/mol. The van der Waals surface area contributed by atoms with Crippen LogP contribution in [0.3, 0.4) is 0 Å². The monoisotopic (exact) mass is 432 g/mol. The molecule has 0 atom stereocenters. The number of piperazine rings is 1. The van der Waals surface area contributed by atoms with E-state index in [1.54, 1.807) is 39.5 Å². The molecule has 1 saturated heterocycles. The van der Waals surface area contributed by atoms with Gasteiger partial charge in [0.1, 0.15) is 5.82 Å². The highest BCUT2D eigenvalue weighted by Gasteiger charge is 2.29. The Hall–Kier alpha value is -2.65. The molecule has 2 aromatic carbocycles. The first-order valence-corrected chi connectivity index (χ1v) is 11.5. The van der Waals surface area contributed by atoms with Gasteiger partial charge in [-0.2, -0.15) is 4.31 Å². The summed E-state index contributed by atoms with van der Waals surface area (Å²) in [4.78, 5) is 14.8. The minimum Gasteiger partial charge on any atom is -0.369 e. The SMILES string of the molecule is CCn1c(=O)n(CC)c2cc(S(=O)(=O)N3CCN(c4ccc(F)cc4)CC3)ccc21. The van der Waals surface area contributed by atoms with Gasteiger partial charge in [-0.15, -0.1) is 0 Å². The van der Waals surface area contributed by atoms with Gasteiger partial charge in [-0.25, -0.2) is 17.6 Å². The van der Waals surface area contributed by atoms with Crippen molar-refractivity contribution in [3.63, 3.8) is 0 Å². The van der Waals surface area contributed by atoms with Crippen molar-refractivity contribution < 1.29 is 12.8 Å². The fourth-order valence-corrected chi connectivity index (χ4v) is 5.50. The summed E-state index contributed by atoms with van der Waals surface area (Å²) in [5, 5.41) is 0. The summed E-state index contributed by atoms with van der Waals surface area (Å²) in [6.07, 6.45) is 0. The third-order valence-corrected chi connectivity index (χ3v) is 7.59. The topological polar surface area (TPSA) is 67.5 Å². The molecular formula is C21H25FN4O3S. The Kier molecular flexibility index (Phi) is 5.42. The maximum atomic E-state index is 13.2. The van der Waals surface area contributed by atoms with Crippen molar-refractivity contribution in [2.24, 2.45) is 0 Å². The van der Waals surface area contributed by atoms with E-state index in [1.807, 2.05) is 18.7 Å². The van der Waals surface area contributed by atoms with Crippen LogP contribution < -0.4 is 10.6 Å². The quantitative estimate of drug-likeness (QED) is 0.621. The molecular weight excluding hydrogens is 407 g/mol. The second-order valence-corrected chi connectivity index (χ2v) is 9.23. The highest BCUT2D eigenvalue weighted by atomic mass is 32.2. The van der Waals surface area contributed by atoms with E-state index in [2.05, 4.69) is 0 Å². The average Bonchev–Trinajstić information content (AvgIpc) is 3.04. The van der Waals surface area contributed by atoms with Crippen molar-refractivity contribution in [3.05, 3.63) is 58.8 Å². The van der Waals surface area contributed by atoms with Crippen LogP contribution >= 0.6 is 0 Å². The Morgan fingerprint density at radius 2 is 1.47 bits per heavy atom. The van der Waals surface area contributed by atoms with E-state index < -0.39 is 10.0 Å². The minimum atomic E-state index is -3.68. The van der Waals surface area contributed by atoms with Crippen LogP contribution in [0.1, 0.15) is 13.8 Å². The molecule has 0 amide bonds. The first-order chi connectivity index (χ1) is 14.4. The molecule has 1 aromatic heterocycles. The van der Waals surface area contributed by atoms with Crippen LogP contribution in [0.25, 0.3) is 11.0 Å². The lowest BCUT2D eigenvalue weighted by Crippen LogP contribution is -2.48. The molecule has 0 aliphatic carbocycles. The summed E-state index contributed by atoms with van der Waals surface area (Å²) >= 11 is 0. The Bertz CT molecular complexity index is 1220. The van der Waals surface area contributed by atoms with Crippen LogP contribution in [-0.2, 0) is 23.1 Å². The van der Waals surface area contributed by atoms with E-state index >= 15 is 0 Å². The number of aryl methyl sites for hydroxylation is 2. The second kappa shape index (κ2) is 7.88. The molecule has 160 valence electrons. The van der Waals surface area contributed by atoms with E-state index in [4.69, 9.17) is 0 Å². The molecule has 3 aromatic rings. The number of halogens is 1. The smallest absolute Gasteiger partial charge is 0.329 e. The Balaban J connectivity index is 1.60. The molecule has 0 radical (unpaired) electrons. The molecule has 30 heavy (non-hydrogen) atoms. The van der Waals surface area contributed by atoms with Gasteiger partial charge in [-0.3, -0.25) is 9.13 Å². The van der Waals surface area contributed by atoms with E-state index in [0.29, 0.717) is 44.8 Å². The van der Waals surface area contributed by atoms with E-state index in [1.165, 1.54) is 16.4 Å². The molecule has 7 nitrogen and oxygen atoms in total. The van der Waals surface area contributed by atoms with Gasteiger partial charge >= 0.3 is 5.69 Å². The summed E-state index contributed by atoms with van der Waals surface area (Å²) in [5.74, 6) is -0.294. The molecule has 0 unspecified atom stereocenters. The number of fused-ring (bicyclic) bond motifs is 1.